The highest BCUT2D eigenvalue weighted by Gasteiger charge is 2.27. The summed E-state index contributed by atoms with van der Waals surface area (Å²) >= 11 is 5.95. The summed E-state index contributed by atoms with van der Waals surface area (Å²) in [4.78, 5) is 12.1. The SMILES string of the molecule is Nc1nc(Cl)c2ncn(C3CCC(CO)O3)c2n1. The third kappa shape index (κ3) is 1.80. The van der Waals surface area contributed by atoms with Crippen molar-refractivity contribution < 1.29 is 9.84 Å². The topological polar surface area (TPSA) is 99.1 Å². The maximum absolute atomic E-state index is 9.07. The number of nitrogens with two attached hydrogens (primary N) is 1. The number of fused-ring (bicyclic) bond motifs is 1. The van der Waals surface area contributed by atoms with Gasteiger partial charge in [-0.15, -0.1) is 0 Å². The van der Waals surface area contributed by atoms with Crippen LogP contribution in [-0.2, 0) is 4.74 Å². The second-order valence-corrected chi connectivity index (χ2v) is 4.53. The third-order valence-electron chi connectivity index (χ3n) is 3.00. The van der Waals surface area contributed by atoms with Crippen LogP contribution in [0.25, 0.3) is 11.2 Å². The van der Waals surface area contributed by atoms with E-state index < -0.39 is 0 Å². The highest BCUT2D eigenvalue weighted by molar-refractivity contribution is 6.33. The number of anilines is 1. The minimum absolute atomic E-state index is 0.0149. The summed E-state index contributed by atoms with van der Waals surface area (Å²) in [7, 11) is 0. The summed E-state index contributed by atoms with van der Waals surface area (Å²) in [6.45, 7) is 0.0149. The molecule has 3 rings (SSSR count). The summed E-state index contributed by atoms with van der Waals surface area (Å²) in [5.41, 5.74) is 6.63. The summed E-state index contributed by atoms with van der Waals surface area (Å²) in [6, 6.07) is 0. The molecule has 0 bridgehead atoms. The maximum atomic E-state index is 9.07. The number of rotatable bonds is 2. The molecule has 0 saturated carbocycles. The minimum Gasteiger partial charge on any atom is -0.394 e. The van der Waals surface area contributed by atoms with Crippen LogP contribution in [0.4, 0.5) is 5.95 Å². The second-order valence-electron chi connectivity index (χ2n) is 4.17. The van der Waals surface area contributed by atoms with Crippen molar-refractivity contribution in [2.45, 2.75) is 25.2 Å². The average Bonchev–Trinajstić information content (AvgIpc) is 2.93. The van der Waals surface area contributed by atoms with Crippen molar-refractivity contribution in [3.05, 3.63) is 11.5 Å². The minimum atomic E-state index is -0.197. The van der Waals surface area contributed by atoms with Crippen LogP contribution >= 0.6 is 11.6 Å². The van der Waals surface area contributed by atoms with E-state index in [0.29, 0.717) is 11.2 Å². The van der Waals surface area contributed by atoms with Gasteiger partial charge in [-0.05, 0) is 12.8 Å². The van der Waals surface area contributed by atoms with Gasteiger partial charge in [0.1, 0.15) is 11.7 Å². The van der Waals surface area contributed by atoms with Gasteiger partial charge in [0.05, 0.1) is 19.0 Å². The Hall–Kier alpha value is -1.44. The Balaban J connectivity index is 2.03. The van der Waals surface area contributed by atoms with Crippen LogP contribution in [-0.4, -0.2) is 37.3 Å². The fourth-order valence-corrected chi connectivity index (χ4v) is 2.35. The summed E-state index contributed by atoms with van der Waals surface area (Å²) in [6.07, 6.45) is 2.86. The van der Waals surface area contributed by atoms with E-state index >= 15 is 0 Å². The average molecular weight is 270 g/mol. The lowest BCUT2D eigenvalue weighted by molar-refractivity contribution is -0.0207. The monoisotopic (exact) mass is 269 g/mol. The molecule has 2 aromatic heterocycles. The van der Waals surface area contributed by atoms with Crippen LogP contribution in [0.2, 0.25) is 5.15 Å². The predicted molar refractivity (Wildman–Crippen MR) is 65.0 cm³/mol. The lowest BCUT2D eigenvalue weighted by Gasteiger charge is -2.13. The zero-order chi connectivity index (χ0) is 12.7. The molecule has 1 saturated heterocycles. The zero-order valence-electron chi connectivity index (χ0n) is 9.45. The van der Waals surface area contributed by atoms with Gasteiger partial charge in [0.15, 0.2) is 10.8 Å². The molecule has 18 heavy (non-hydrogen) atoms. The van der Waals surface area contributed by atoms with Gasteiger partial charge in [0, 0.05) is 0 Å². The van der Waals surface area contributed by atoms with Crippen molar-refractivity contribution in [3.63, 3.8) is 0 Å². The van der Waals surface area contributed by atoms with E-state index in [9.17, 15) is 0 Å². The quantitative estimate of drug-likeness (QED) is 0.780. The number of aliphatic hydroxyl groups is 1. The second kappa shape index (κ2) is 4.34. The summed E-state index contributed by atoms with van der Waals surface area (Å²) in [5, 5.41) is 9.30. The van der Waals surface area contributed by atoms with E-state index in [1.54, 1.807) is 10.9 Å². The van der Waals surface area contributed by atoms with Gasteiger partial charge < -0.3 is 15.6 Å². The molecule has 3 N–H and O–H groups in total. The molecule has 8 heteroatoms. The van der Waals surface area contributed by atoms with E-state index in [4.69, 9.17) is 27.2 Å². The molecule has 2 aromatic rings. The van der Waals surface area contributed by atoms with Gasteiger partial charge in [-0.3, -0.25) is 4.57 Å². The van der Waals surface area contributed by atoms with Gasteiger partial charge in [-0.2, -0.15) is 9.97 Å². The van der Waals surface area contributed by atoms with E-state index in [-0.39, 0.29) is 30.0 Å². The Labute approximate surface area is 108 Å². The Morgan fingerprint density at radius 3 is 3.06 bits per heavy atom. The highest BCUT2D eigenvalue weighted by Crippen LogP contribution is 2.31. The first-order valence-corrected chi connectivity index (χ1v) is 5.98. The van der Waals surface area contributed by atoms with Gasteiger partial charge in [-0.1, -0.05) is 11.6 Å². The highest BCUT2D eigenvalue weighted by atomic mass is 35.5. The van der Waals surface area contributed by atoms with Crippen molar-refractivity contribution in [1.82, 2.24) is 19.5 Å². The fraction of sp³-hybridized carbons (Fsp3) is 0.500. The molecule has 1 fully saturated rings. The molecular weight excluding hydrogens is 258 g/mol. The van der Waals surface area contributed by atoms with Crippen LogP contribution < -0.4 is 5.73 Å². The lowest BCUT2D eigenvalue weighted by atomic mass is 10.2. The molecule has 1 aliphatic heterocycles. The normalized spacial score (nSPS) is 23.9. The fourth-order valence-electron chi connectivity index (χ4n) is 2.13. The number of nitrogen functional groups attached to an aromatic ring is 1. The number of hydrogen-bond donors (Lipinski definition) is 2. The number of imidazole rings is 1. The van der Waals surface area contributed by atoms with E-state index in [2.05, 4.69) is 15.0 Å². The Morgan fingerprint density at radius 2 is 2.33 bits per heavy atom. The first kappa shape index (κ1) is 11.6. The molecular formula is C10H12ClN5O2. The van der Waals surface area contributed by atoms with Crippen LogP contribution in [0.3, 0.4) is 0 Å². The zero-order valence-corrected chi connectivity index (χ0v) is 10.2. The van der Waals surface area contributed by atoms with Crippen molar-refractivity contribution in [2.24, 2.45) is 0 Å². The number of aliphatic hydroxyl groups excluding tert-OH is 1. The van der Waals surface area contributed by atoms with Crippen molar-refractivity contribution >= 4 is 28.7 Å². The van der Waals surface area contributed by atoms with Gasteiger partial charge >= 0.3 is 0 Å². The molecule has 96 valence electrons. The van der Waals surface area contributed by atoms with Crippen molar-refractivity contribution in [2.75, 3.05) is 12.3 Å². The van der Waals surface area contributed by atoms with Crippen LogP contribution in [0.1, 0.15) is 19.1 Å². The van der Waals surface area contributed by atoms with E-state index in [1.165, 1.54) is 0 Å². The predicted octanol–water partition coefficient (Wildman–Crippen LogP) is 0.732. The van der Waals surface area contributed by atoms with Crippen LogP contribution in [0.5, 0.6) is 0 Å². The van der Waals surface area contributed by atoms with Gasteiger partial charge in [0.25, 0.3) is 0 Å². The first-order chi connectivity index (χ1) is 8.69. The lowest BCUT2D eigenvalue weighted by Crippen LogP contribution is -2.14. The molecule has 2 atom stereocenters. The molecule has 2 unspecified atom stereocenters. The molecule has 7 nitrogen and oxygen atoms in total. The van der Waals surface area contributed by atoms with E-state index in [1.807, 2.05) is 0 Å². The number of halogens is 1. The summed E-state index contributed by atoms with van der Waals surface area (Å²) < 4.78 is 7.44. The number of nitrogens with zero attached hydrogens (tertiary/aromatic N) is 4. The molecule has 0 amide bonds. The Kier molecular flexibility index (Phi) is 2.81. The maximum Gasteiger partial charge on any atom is 0.223 e. The summed E-state index contributed by atoms with van der Waals surface area (Å²) in [5.74, 6) is 0.103. The largest absolute Gasteiger partial charge is 0.394 e. The Morgan fingerprint density at radius 1 is 1.50 bits per heavy atom. The van der Waals surface area contributed by atoms with Crippen molar-refractivity contribution in [1.29, 1.82) is 0 Å². The molecule has 3 heterocycles. The molecule has 1 aliphatic rings. The van der Waals surface area contributed by atoms with Gasteiger partial charge in [-0.25, -0.2) is 4.98 Å². The number of hydrogen-bond acceptors (Lipinski definition) is 6. The van der Waals surface area contributed by atoms with Crippen molar-refractivity contribution in [3.8, 4) is 0 Å². The Bertz CT molecular complexity index is 587. The molecule has 0 spiro atoms. The smallest absolute Gasteiger partial charge is 0.223 e. The van der Waals surface area contributed by atoms with Gasteiger partial charge in [0.2, 0.25) is 5.95 Å². The standard InChI is InChI=1S/C10H12ClN5O2/c11-8-7-9(15-10(12)14-8)16(4-13-7)6-2-1-5(3-17)18-6/h4-6,17H,1-3H2,(H2,12,14,15). The molecule has 0 radical (unpaired) electrons. The number of ether oxygens (including phenoxy) is 1. The first-order valence-electron chi connectivity index (χ1n) is 5.61. The third-order valence-corrected chi connectivity index (χ3v) is 3.26. The van der Waals surface area contributed by atoms with Crippen LogP contribution in [0, 0.1) is 0 Å². The van der Waals surface area contributed by atoms with Crippen LogP contribution in [0.15, 0.2) is 6.33 Å². The molecule has 0 aromatic carbocycles. The number of aromatic nitrogens is 4. The molecule has 0 aliphatic carbocycles. The van der Waals surface area contributed by atoms with E-state index in [0.717, 1.165) is 12.8 Å².